The minimum atomic E-state index is -3.51. The summed E-state index contributed by atoms with van der Waals surface area (Å²) in [6.07, 6.45) is -0.152. The van der Waals surface area contributed by atoms with Gasteiger partial charge in [-0.1, -0.05) is 5.11 Å². The fraction of sp³-hybridized carbons (Fsp3) is 0.368. The molecular formula is C19H16B3F2N5O4. The Morgan fingerprint density at radius 2 is 1.79 bits per heavy atom. The molecule has 1 fully saturated rings. The van der Waals surface area contributed by atoms with Crippen LogP contribution in [-0.2, 0) is 15.8 Å². The largest absolute Gasteiger partial charge is 0.375 e. The fourth-order valence-corrected chi connectivity index (χ4v) is 3.48. The highest BCUT2D eigenvalue weighted by Crippen LogP contribution is 2.32. The number of halogens is 2. The molecule has 3 aromatic rings. The van der Waals surface area contributed by atoms with Gasteiger partial charge in [-0.25, -0.2) is 23.7 Å². The zero-order chi connectivity index (χ0) is 24.1. The van der Waals surface area contributed by atoms with Crippen molar-refractivity contribution in [1.82, 2.24) is 19.9 Å². The molecule has 14 heteroatoms. The monoisotopic (exact) mass is 449 g/mol. The van der Waals surface area contributed by atoms with Gasteiger partial charge in [-0.2, -0.15) is 4.98 Å². The number of ether oxygens (including phenoxy) is 1. The maximum absolute atomic E-state index is 14.7. The molecule has 0 bridgehead atoms. The molecule has 2 aromatic heterocycles. The van der Waals surface area contributed by atoms with Gasteiger partial charge in [-0.05, 0) is 19.1 Å². The molecule has 33 heavy (non-hydrogen) atoms. The molecular weight excluding hydrogens is 433 g/mol. The zero-order valence-electron chi connectivity index (χ0n) is 17.4. The first-order valence-electron chi connectivity index (χ1n) is 9.81. The van der Waals surface area contributed by atoms with Crippen molar-refractivity contribution in [3.63, 3.8) is 0 Å². The Hall–Kier alpha value is -2.67. The molecule has 3 N–H and O–H groups in total. The molecule has 0 spiro atoms. The van der Waals surface area contributed by atoms with Crippen LogP contribution in [0.25, 0.3) is 22.4 Å². The summed E-state index contributed by atoms with van der Waals surface area (Å²) in [4.78, 5) is 18.5. The number of rotatable bonds is 4. The Morgan fingerprint density at radius 1 is 1.06 bits per heavy atom. The Kier molecular flexibility index (Phi) is 5.89. The molecule has 1 aromatic carbocycles. The van der Waals surface area contributed by atoms with E-state index in [1.54, 1.807) is 4.90 Å². The maximum atomic E-state index is 14.7. The molecule has 0 amide bonds. The molecule has 4 rings (SSSR count). The highest BCUT2D eigenvalue weighted by molar-refractivity contribution is 6.58. The van der Waals surface area contributed by atoms with Crippen LogP contribution in [-0.4, -0.2) is 84.6 Å². The van der Waals surface area contributed by atoms with Gasteiger partial charge < -0.3 is 25.0 Å². The van der Waals surface area contributed by atoms with E-state index in [2.05, 4.69) is 19.9 Å². The summed E-state index contributed by atoms with van der Waals surface area (Å²) in [5.74, 6) is -5.16. The van der Waals surface area contributed by atoms with E-state index in [1.165, 1.54) is 0 Å². The number of hydrogen-bond acceptors (Lipinski definition) is 9. The van der Waals surface area contributed by atoms with E-state index in [9.17, 15) is 24.1 Å². The van der Waals surface area contributed by atoms with Crippen molar-refractivity contribution in [3.05, 3.63) is 41.2 Å². The first kappa shape index (κ1) is 23.5. The molecule has 0 aliphatic carbocycles. The Bertz CT molecular complexity index is 1220. The smallest absolute Gasteiger partial charge is 0.324 e. The summed E-state index contributed by atoms with van der Waals surface area (Å²) >= 11 is 0. The third-order valence-electron chi connectivity index (χ3n) is 4.96. The van der Waals surface area contributed by atoms with Gasteiger partial charge in [0.1, 0.15) is 22.8 Å². The van der Waals surface area contributed by atoms with E-state index in [1.807, 2.05) is 6.92 Å². The number of morpholine rings is 1. The lowest BCUT2D eigenvalue weighted by molar-refractivity contribution is -0.326. The standard InChI is InChI=1S/C19H16B3F2N5O4/c1-8-7-29(4-5-33-8)17-26-12(10-3-2-9(23)6-11(10)24)13-16(28-17)27-15(19(30,31)32)14(25-13)18(20,21)22/h2-3,6,8,30-32H,4-5,7H2,1H3. The van der Waals surface area contributed by atoms with Crippen molar-refractivity contribution in [2.45, 2.75) is 24.1 Å². The number of aliphatic hydroxyl groups is 3. The molecule has 1 aliphatic rings. The van der Waals surface area contributed by atoms with E-state index < -0.39 is 34.1 Å². The van der Waals surface area contributed by atoms with Gasteiger partial charge in [0.05, 0.1) is 41.9 Å². The highest BCUT2D eigenvalue weighted by Gasteiger charge is 2.35. The van der Waals surface area contributed by atoms with Crippen molar-refractivity contribution in [3.8, 4) is 11.3 Å². The van der Waals surface area contributed by atoms with E-state index >= 15 is 0 Å². The van der Waals surface area contributed by atoms with Crippen molar-refractivity contribution >= 4 is 40.7 Å². The number of nitrogens with zero attached hydrogens (tertiary/aromatic N) is 5. The minimum Gasteiger partial charge on any atom is -0.375 e. The van der Waals surface area contributed by atoms with E-state index in [0.29, 0.717) is 25.8 Å². The number of anilines is 1. The third kappa shape index (κ3) is 4.69. The van der Waals surface area contributed by atoms with Crippen LogP contribution in [0.5, 0.6) is 0 Å². The van der Waals surface area contributed by atoms with Gasteiger partial charge in [-0.15, -0.1) is 0 Å². The van der Waals surface area contributed by atoms with Crippen molar-refractivity contribution < 1.29 is 28.8 Å². The topological polar surface area (TPSA) is 125 Å². The molecule has 0 saturated carbocycles. The van der Waals surface area contributed by atoms with Crippen LogP contribution in [0.2, 0.25) is 0 Å². The summed E-state index contributed by atoms with van der Waals surface area (Å²) in [5.41, 5.74) is -2.13. The average molecular weight is 449 g/mol. The molecule has 3 heterocycles. The predicted molar refractivity (Wildman–Crippen MR) is 115 cm³/mol. The maximum Gasteiger partial charge on any atom is 0.324 e. The average Bonchev–Trinajstić information content (AvgIpc) is 2.71. The lowest BCUT2D eigenvalue weighted by Gasteiger charge is -2.31. The summed E-state index contributed by atoms with van der Waals surface area (Å²) in [6, 6.07) is 2.86. The van der Waals surface area contributed by atoms with Crippen LogP contribution in [0.1, 0.15) is 18.3 Å². The first-order chi connectivity index (χ1) is 15.3. The van der Waals surface area contributed by atoms with Gasteiger partial charge in [0, 0.05) is 24.7 Å². The molecule has 1 aliphatic heterocycles. The lowest BCUT2D eigenvalue weighted by atomic mass is 9.41. The second-order valence-electron chi connectivity index (χ2n) is 7.79. The number of benzene rings is 1. The molecule has 6 radical (unpaired) electrons. The molecule has 1 unspecified atom stereocenters. The van der Waals surface area contributed by atoms with Crippen LogP contribution in [0, 0.1) is 11.6 Å². The van der Waals surface area contributed by atoms with E-state index in [-0.39, 0.29) is 34.5 Å². The second-order valence-corrected chi connectivity index (χ2v) is 7.79. The van der Waals surface area contributed by atoms with Crippen molar-refractivity contribution in [1.29, 1.82) is 0 Å². The van der Waals surface area contributed by atoms with Crippen molar-refractivity contribution in [2.75, 3.05) is 24.6 Å². The van der Waals surface area contributed by atoms with Crippen LogP contribution in [0.4, 0.5) is 14.7 Å². The zero-order valence-corrected chi connectivity index (χ0v) is 17.4. The molecule has 1 saturated heterocycles. The van der Waals surface area contributed by atoms with Crippen LogP contribution in [0.3, 0.4) is 0 Å². The van der Waals surface area contributed by atoms with Gasteiger partial charge >= 0.3 is 5.97 Å². The molecule has 164 valence electrons. The van der Waals surface area contributed by atoms with Crippen LogP contribution in [0.15, 0.2) is 18.2 Å². The first-order valence-corrected chi connectivity index (χ1v) is 9.81. The summed E-state index contributed by atoms with van der Waals surface area (Å²) < 4.78 is 33.8. The third-order valence-corrected chi connectivity index (χ3v) is 4.96. The van der Waals surface area contributed by atoms with Crippen LogP contribution < -0.4 is 4.90 Å². The Morgan fingerprint density at radius 3 is 2.39 bits per heavy atom. The highest BCUT2D eigenvalue weighted by atomic mass is 19.1. The normalized spacial score (nSPS) is 17.5. The molecule has 9 nitrogen and oxygen atoms in total. The number of aromatic nitrogens is 4. The quantitative estimate of drug-likeness (QED) is 0.351. The van der Waals surface area contributed by atoms with Crippen LogP contribution >= 0.6 is 0 Å². The summed E-state index contributed by atoms with van der Waals surface area (Å²) in [5, 5.41) is 27.0. The number of fused-ring (bicyclic) bond motifs is 1. The molecule has 1 atom stereocenters. The van der Waals surface area contributed by atoms with Gasteiger partial charge in [0.25, 0.3) is 0 Å². The van der Waals surface area contributed by atoms with Crippen molar-refractivity contribution in [2.24, 2.45) is 0 Å². The summed E-state index contributed by atoms with van der Waals surface area (Å²) in [6.45, 7) is 3.03. The lowest BCUT2D eigenvalue weighted by Crippen LogP contribution is -2.42. The predicted octanol–water partition coefficient (Wildman–Crippen LogP) is -0.707. The van der Waals surface area contributed by atoms with Gasteiger partial charge in [-0.3, -0.25) is 0 Å². The van der Waals surface area contributed by atoms with Gasteiger partial charge in [0.2, 0.25) is 5.95 Å². The minimum absolute atomic E-state index is 0.100. The number of hydrogen-bond donors (Lipinski definition) is 3. The van der Waals surface area contributed by atoms with Gasteiger partial charge in [0.15, 0.2) is 11.3 Å². The van der Waals surface area contributed by atoms with E-state index in [4.69, 9.17) is 28.3 Å². The SMILES string of the molecule is [B]C([B])([B])c1nc2c(-c3ccc(F)cc3F)nc(N3CCOC(C)C3)nc2nc1C(O)(O)O. The summed E-state index contributed by atoms with van der Waals surface area (Å²) in [7, 11) is 17.0. The fourth-order valence-electron chi connectivity index (χ4n) is 3.48. The van der Waals surface area contributed by atoms with E-state index in [0.717, 1.165) is 12.1 Å². The Labute approximate surface area is 191 Å². The Balaban J connectivity index is 2.05. The second kappa shape index (κ2) is 8.28.